The highest BCUT2D eigenvalue weighted by Gasteiger charge is 2.27. The van der Waals surface area contributed by atoms with E-state index in [-0.39, 0.29) is 12.7 Å². The molecule has 1 saturated heterocycles. The van der Waals surface area contributed by atoms with E-state index in [9.17, 15) is 14.0 Å². The van der Waals surface area contributed by atoms with Crippen molar-refractivity contribution in [2.45, 2.75) is 25.2 Å². The van der Waals surface area contributed by atoms with Crippen LogP contribution in [0.4, 0.5) is 10.2 Å². The van der Waals surface area contributed by atoms with Gasteiger partial charge < -0.3 is 15.2 Å². The fraction of sp³-hybridized carbons (Fsp3) is 0.312. The minimum atomic E-state index is -0.838. The molecule has 2 unspecified atom stereocenters. The van der Waals surface area contributed by atoms with Crippen LogP contribution in [0.5, 0.6) is 0 Å². The number of rotatable bonds is 4. The zero-order valence-corrected chi connectivity index (χ0v) is 15.1. The second-order valence-corrected chi connectivity index (χ2v) is 6.81. The molecule has 3 rings (SSSR count). The van der Waals surface area contributed by atoms with Crippen molar-refractivity contribution < 1.29 is 19.0 Å². The molecule has 1 aliphatic rings. The first-order chi connectivity index (χ1) is 12.0. The summed E-state index contributed by atoms with van der Waals surface area (Å²) >= 11 is 2.10. The Kier molecular flexibility index (Phi) is 5.45. The van der Waals surface area contributed by atoms with E-state index in [1.807, 2.05) is 0 Å². The lowest BCUT2D eigenvalue weighted by molar-refractivity contribution is -0.0249. The van der Waals surface area contributed by atoms with Gasteiger partial charge in [0.1, 0.15) is 6.23 Å². The van der Waals surface area contributed by atoms with Crippen molar-refractivity contribution in [3.63, 3.8) is 0 Å². The molecule has 1 amide bonds. The quantitative estimate of drug-likeness (QED) is 0.682. The molecule has 0 spiro atoms. The van der Waals surface area contributed by atoms with Crippen LogP contribution in [-0.2, 0) is 4.74 Å². The van der Waals surface area contributed by atoms with E-state index in [4.69, 9.17) is 9.84 Å². The molecule has 0 bridgehead atoms. The molecule has 2 N–H and O–H groups in total. The molecular formula is C16H15FIN3O4. The third-order valence-electron chi connectivity index (χ3n) is 3.84. The van der Waals surface area contributed by atoms with Crippen LogP contribution in [-0.4, -0.2) is 33.3 Å². The molecule has 1 fully saturated rings. The summed E-state index contributed by atoms with van der Waals surface area (Å²) < 4.78 is 21.7. The first-order valence-electron chi connectivity index (χ1n) is 7.60. The number of nitrogens with one attached hydrogen (secondary N) is 1. The van der Waals surface area contributed by atoms with Gasteiger partial charge in [-0.2, -0.15) is 4.98 Å². The smallest absolute Gasteiger partial charge is 0.351 e. The highest BCUT2D eigenvalue weighted by atomic mass is 127. The van der Waals surface area contributed by atoms with E-state index in [2.05, 4.69) is 32.9 Å². The molecular weight excluding hydrogens is 444 g/mol. The number of aliphatic hydroxyl groups is 1. The molecule has 7 nitrogen and oxygen atoms in total. The molecule has 0 aliphatic carbocycles. The molecule has 132 valence electrons. The number of carbonyl (C=O) groups is 1. The van der Waals surface area contributed by atoms with Crippen molar-refractivity contribution in [2.75, 3.05) is 11.9 Å². The molecule has 25 heavy (non-hydrogen) atoms. The van der Waals surface area contributed by atoms with E-state index in [0.717, 1.165) is 14.3 Å². The van der Waals surface area contributed by atoms with E-state index in [1.165, 1.54) is 0 Å². The van der Waals surface area contributed by atoms with Gasteiger partial charge in [-0.05, 0) is 59.7 Å². The summed E-state index contributed by atoms with van der Waals surface area (Å²) in [4.78, 5) is 27.9. The molecule has 9 heteroatoms. The Hall–Kier alpha value is -1.85. The number of amides is 1. The Labute approximate surface area is 156 Å². The molecule has 1 aromatic heterocycles. The molecule has 0 saturated carbocycles. The molecule has 2 atom stereocenters. The average molecular weight is 459 g/mol. The summed E-state index contributed by atoms with van der Waals surface area (Å²) in [5.74, 6) is -1.83. The lowest BCUT2D eigenvalue weighted by Gasteiger charge is -2.15. The number of anilines is 1. The minimum absolute atomic E-state index is 0.161. The summed E-state index contributed by atoms with van der Waals surface area (Å²) in [5, 5.41) is 11.4. The number of hydrogen-bond donors (Lipinski definition) is 2. The summed E-state index contributed by atoms with van der Waals surface area (Å²) in [6.45, 7) is -0.161. The number of hydrogen-bond acceptors (Lipinski definition) is 5. The van der Waals surface area contributed by atoms with Gasteiger partial charge in [0.15, 0.2) is 11.6 Å². The zero-order chi connectivity index (χ0) is 18.0. The number of ether oxygens (including phenoxy) is 1. The monoisotopic (exact) mass is 459 g/mol. The Morgan fingerprint density at radius 1 is 1.40 bits per heavy atom. The van der Waals surface area contributed by atoms with Gasteiger partial charge in [-0.25, -0.2) is 9.18 Å². The topological polar surface area (TPSA) is 93.5 Å². The molecule has 1 aliphatic heterocycles. The summed E-state index contributed by atoms with van der Waals surface area (Å²) in [6, 6.07) is 6.67. The van der Waals surface area contributed by atoms with Crippen LogP contribution in [0.2, 0.25) is 0 Å². The number of nitrogens with zero attached hydrogens (tertiary/aromatic N) is 2. The molecule has 0 radical (unpaired) electrons. The SMILES string of the molecule is O=C(Nc1nc(=O)n(C2CCC(CO)O2)cc1F)c1ccc(I)cc1. The Morgan fingerprint density at radius 3 is 2.76 bits per heavy atom. The van der Waals surface area contributed by atoms with Crippen molar-refractivity contribution >= 4 is 34.3 Å². The van der Waals surface area contributed by atoms with Crippen LogP contribution in [0, 0.1) is 9.39 Å². The van der Waals surface area contributed by atoms with Crippen LogP contribution in [0.3, 0.4) is 0 Å². The summed E-state index contributed by atoms with van der Waals surface area (Å²) in [7, 11) is 0. The van der Waals surface area contributed by atoms with Gasteiger partial charge in [-0.15, -0.1) is 0 Å². The number of aromatic nitrogens is 2. The van der Waals surface area contributed by atoms with Crippen molar-refractivity contribution in [3.05, 3.63) is 55.9 Å². The van der Waals surface area contributed by atoms with Gasteiger partial charge >= 0.3 is 5.69 Å². The first-order valence-corrected chi connectivity index (χ1v) is 8.67. The van der Waals surface area contributed by atoms with E-state index < -0.39 is 29.5 Å². The largest absolute Gasteiger partial charge is 0.394 e. The fourth-order valence-electron chi connectivity index (χ4n) is 2.55. The predicted octanol–water partition coefficient (Wildman–Crippen LogP) is 1.91. The van der Waals surface area contributed by atoms with Gasteiger partial charge in [0.25, 0.3) is 5.91 Å². The molecule has 2 aromatic rings. The van der Waals surface area contributed by atoms with Gasteiger partial charge in [0.2, 0.25) is 0 Å². The van der Waals surface area contributed by atoms with Crippen molar-refractivity contribution in [2.24, 2.45) is 0 Å². The fourth-order valence-corrected chi connectivity index (χ4v) is 2.91. The Morgan fingerprint density at radius 2 is 2.12 bits per heavy atom. The number of carbonyl (C=O) groups excluding carboxylic acids is 1. The van der Waals surface area contributed by atoms with Crippen LogP contribution in [0.1, 0.15) is 29.4 Å². The van der Waals surface area contributed by atoms with Gasteiger partial charge in [-0.1, -0.05) is 0 Å². The number of benzene rings is 1. The average Bonchev–Trinajstić information content (AvgIpc) is 3.07. The third kappa shape index (κ3) is 4.05. The summed E-state index contributed by atoms with van der Waals surface area (Å²) in [6.07, 6.45) is 0.956. The van der Waals surface area contributed by atoms with Crippen LogP contribution >= 0.6 is 22.6 Å². The van der Waals surface area contributed by atoms with Crippen LogP contribution < -0.4 is 11.0 Å². The molecule has 2 heterocycles. The second kappa shape index (κ2) is 7.58. The van der Waals surface area contributed by atoms with Crippen LogP contribution in [0.25, 0.3) is 0 Å². The van der Waals surface area contributed by atoms with Crippen LogP contribution in [0.15, 0.2) is 35.3 Å². The lowest BCUT2D eigenvalue weighted by atomic mass is 10.2. The second-order valence-electron chi connectivity index (χ2n) is 5.56. The normalized spacial score (nSPS) is 19.8. The van der Waals surface area contributed by atoms with E-state index in [1.54, 1.807) is 24.3 Å². The Bertz CT molecular complexity index is 840. The van der Waals surface area contributed by atoms with Gasteiger partial charge in [0, 0.05) is 9.13 Å². The maximum absolute atomic E-state index is 14.3. The maximum Gasteiger partial charge on any atom is 0.351 e. The number of halogens is 2. The first kappa shape index (κ1) is 18.0. The maximum atomic E-state index is 14.3. The molecule has 1 aromatic carbocycles. The van der Waals surface area contributed by atoms with Crippen molar-refractivity contribution in [1.82, 2.24) is 9.55 Å². The Balaban J connectivity index is 1.79. The number of aliphatic hydroxyl groups excluding tert-OH is 1. The van der Waals surface area contributed by atoms with E-state index in [0.29, 0.717) is 18.4 Å². The van der Waals surface area contributed by atoms with Gasteiger partial charge in [-0.3, -0.25) is 9.36 Å². The predicted molar refractivity (Wildman–Crippen MR) is 95.8 cm³/mol. The standard InChI is InChI=1S/C16H15FIN3O4/c17-12-7-21(13-6-5-11(8-22)25-13)16(24)20-14(12)19-15(23)9-1-3-10(18)4-2-9/h1-4,7,11,13,22H,5-6,8H2,(H,19,20,23,24). The summed E-state index contributed by atoms with van der Waals surface area (Å²) in [5.41, 5.74) is -0.404. The highest BCUT2D eigenvalue weighted by molar-refractivity contribution is 14.1. The zero-order valence-electron chi connectivity index (χ0n) is 13.0. The van der Waals surface area contributed by atoms with Crippen molar-refractivity contribution in [1.29, 1.82) is 0 Å². The minimum Gasteiger partial charge on any atom is -0.394 e. The van der Waals surface area contributed by atoms with E-state index >= 15 is 0 Å². The van der Waals surface area contributed by atoms with Crippen molar-refractivity contribution in [3.8, 4) is 0 Å². The third-order valence-corrected chi connectivity index (χ3v) is 4.56. The lowest BCUT2D eigenvalue weighted by Crippen LogP contribution is -2.30. The highest BCUT2D eigenvalue weighted by Crippen LogP contribution is 2.27. The van der Waals surface area contributed by atoms with Gasteiger partial charge in [0.05, 0.1) is 18.9 Å².